The van der Waals surface area contributed by atoms with Gasteiger partial charge in [0.15, 0.2) is 0 Å². The Bertz CT molecular complexity index is 330. The summed E-state index contributed by atoms with van der Waals surface area (Å²) < 4.78 is 2.16. The van der Waals surface area contributed by atoms with Gasteiger partial charge in [-0.3, -0.25) is 4.68 Å². The maximum Gasteiger partial charge on any atom is 0.0624 e. The number of unbranched alkanes of at least 4 members (excludes halogenated alkanes) is 2. The number of nitrogens with one attached hydrogen (secondary N) is 1. The molecular formula is C15H29N3. The van der Waals surface area contributed by atoms with Crippen LogP contribution in [0.3, 0.4) is 0 Å². The van der Waals surface area contributed by atoms with Gasteiger partial charge in [0.25, 0.3) is 0 Å². The SMILES string of the molecule is CCCCCC(Cc1cc(CC)nn1CC)NC. The normalized spacial score (nSPS) is 12.9. The first kappa shape index (κ1) is 15.2. The summed E-state index contributed by atoms with van der Waals surface area (Å²) in [5, 5.41) is 8.07. The molecule has 0 bridgehead atoms. The highest BCUT2D eigenvalue weighted by Crippen LogP contribution is 2.12. The molecule has 0 aromatic carbocycles. The molecule has 1 rings (SSSR count). The fourth-order valence-corrected chi connectivity index (χ4v) is 2.37. The van der Waals surface area contributed by atoms with E-state index in [4.69, 9.17) is 0 Å². The summed E-state index contributed by atoms with van der Waals surface area (Å²) in [7, 11) is 2.07. The molecule has 1 aromatic rings. The van der Waals surface area contributed by atoms with Crippen LogP contribution in [0.1, 0.15) is 57.8 Å². The molecule has 0 aliphatic heterocycles. The molecule has 104 valence electrons. The van der Waals surface area contributed by atoms with E-state index < -0.39 is 0 Å². The third kappa shape index (κ3) is 4.45. The van der Waals surface area contributed by atoms with Crippen LogP contribution in [0.4, 0.5) is 0 Å². The second-order valence-corrected chi connectivity index (χ2v) is 4.98. The standard InChI is InChI=1S/C15H29N3/c1-5-8-9-10-14(16-4)12-15-11-13(6-2)17-18(15)7-3/h11,14,16H,5-10,12H2,1-4H3. The van der Waals surface area contributed by atoms with Gasteiger partial charge in [-0.05, 0) is 32.9 Å². The second kappa shape index (κ2) is 8.30. The van der Waals surface area contributed by atoms with Crippen molar-refractivity contribution in [3.63, 3.8) is 0 Å². The third-order valence-electron chi connectivity index (χ3n) is 3.60. The quantitative estimate of drug-likeness (QED) is 0.683. The molecule has 1 unspecified atom stereocenters. The Morgan fingerprint density at radius 3 is 2.61 bits per heavy atom. The highest BCUT2D eigenvalue weighted by atomic mass is 15.3. The molecule has 0 radical (unpaired) electrons. The molecule has 3 heteroatoms. The van der Waals surface area contributed by atoms with Crippen molar-refractivity contribution < 1.29 is 0 Å². The molecule has 0 saturated carbocycles. The summed E-state index contributed by atoms with van der Waals surface area (Å²) in [6, 6.07) is 2.86. The lowest BCUT2D eigenvalue weighted by Gasteiger charge is -2.16. The number of aryl methyl sites for hydroxylation is 2. The predicted molar refractivity (Wildman–Crippen MR) is 78.0 cm³/mol. The number of hydrogen-bond donors (Lipinski definition) is 1. The van der Waals surface area contributed by atoms with Crippen LogP contribution in [0.2, 0.25) is 0 Å². The molecule has 0 saturated heterocycles. The fraction of sp³-hybridized carbons (Fsp3) is 0.800. The van der Waals surface area contributed by atoms with E-state index in [-0.39, 0.29) is 0 Å². The zero-order valence-corrected chi connectivity index (χ0v) is 12.5. The lowest BCUT2D eigenvalue weighted by Crippen LogP contribution is -2.28. The maximum atomic E-state index is 4.62. The first-order valence-corrected chi connectivity index (χ1v) is 7.47. The molecule has 3 nitrogen and oxygen atoms in total. The molecule has 0 spiro atoms. The molecule has 1 aromatic heterocycles. The van der Waals surface area contributed by atoms with Crippen LogP contribution in [-0.2, 0) is 19.4 Å². The van der Waals surface area contributed by atoms with Crippen molar-refractivity contribution in [1.29, 1.82) is 0 Å². The highest BCUT2D eigenvalue weighted by Gasteiger charge is 2.12. The van der Waals surface area contributed by atoms with E-state index in [1.54, 1.807) is 0 Å². The van der Waals surface area contributed by atoms with Gasteiger partial charge >= 0.3 is 0 Å². The highest BCUT2D eigenvalue weighted by molar-refractivity contribution is 5.12. The van der Waals surface area contributed by atoms with Gasteiger partial charge in [0.05, 0.1) is 5.69 Å². The van der Waals surface area contributed by atoms with E-state index in [1.807, 2.05) is 0 Å². The van der Waals surface area contributed by atoms with Crippen LogP contribution in [-0.4, -0.2) is 22.9 Å². The van der Waals surface area contributed by atoms with E-state index in [0.717, 1.165) is 19.4 Å². The van der Waals surface area contributed by atoms with E-state index in [2.05, 4.69) is 49.0 Å². The lowest BCUT2D eigenvalue weighted by molar-refractivity contribution is 0.471. The summed E-state index contributed by atoms with van der Waals surface area (Å²) >= 11 is 0. The molecule has 0 fully saturated rings. The zero-order chi connectivity index (χ0) is 13.4. The van der Waals surface area contributed by atoms with Crippen LogP contribution in [0.15, 0.2) is 6.07 Å². The molecule has 0 aliphatic rings. The molecule has 1 N–H and O–H groups in total. The summed E-state index contributed by atoms with van der Waals surface area (Å²) in [6.45, 7) is 7.57. The number of aromatic nitrogens is 2. The van der Waals surface area contributed by atoms with Crippen molar-refractivity contribution in [2.24, 2.45) is 0 Å². The molecule has 0 amide bonds. The minimum Gasteiger partial charge on any atom is -0.317 e. The van der Waals surface area contributed by atoms with Crippen molar-refractivity contribution in [2.75, 3.05) is 7.05 Å². The Hall–Kier alpha value is -0.830. The van der Waals surface area contributed by atoms with Gasteiger partial charge < -0.3 is 5.32 Å². The topological polar surface area (TPSA) is 29.9 Å². The molecular weight excluding hydrogens is 222 g/mol. The van der Waals surface area contributed by atoms with Gasteiger partial charge in [-0.1, -0.05) is 33.1 Å². The van der Waals surface area contributed by atoms with E-state index in [1.165, 1.54) is 37.1 Å². The van der Waals surface area contributed by atoms with Crippen molar-refractivity contribution >= 4 is 0 Å². The van der Waals surface area contributed by atoms with Gasteiger partial charge in [-0.15, -0.1) is 0 Å². The van der Waals surface area contributed by atoms with Crippen LogP contribution in [0.25, 0.3) is 0 Å². The molecule has 1 atom stereocenters. The van der Waals surface area contributed by atoms with E-state index in [0.29, 0.717) is 6.04 Å². The van der Waals surface area contributed by atoms with Crippen molar-refractivity contribution in [3.05, 3.63) is 17.5 Å². The van der Waals surface area contributed by atoms with Gasteiger partial charge in [0, 0.05) is 24.7 Å². The predicted octanol–water partition coefficient (Wildman–Crippen LogP) is 3.18. The fourth-order valence-electron chi connectivity index (χ4n) is 2.37. The maximum absolute atomic E-state index is 4.62. The smallest absolute Gasteiger partial charge is 0.0624 e. The average Bonchev–Trinajstić information content (AvgIpc) is 2.80. The zero-order valence-electron chi connectivity index (χ0n) is 12.5. The van der Waals surface area contributed by atoms with Crippen LogP contribution in [0, 0.1) is 0 Å². The second-order valence-electron chi connectivity index (χ2n) is 4.98. The Balaban J connectivity index is 2.59. The van der Waals surface area contributed by atoms with Crippen molar-refractivity contribution in [2.45, 2.75) is 71.9 Å². The summed E-state index contributed by atoms with van der Waals surface area (Å²) in [4.78, 5) is 0. The minimum atomic E-state index is 0.586. The van der Waals surface area contributed by atoms with Gasteiger partial charge in [-0.2, -0.15) is 5.10 Å². The lowest BCUT2D eigenvalue weighted by atomic mass is 10.0. The molecule has 18 heavy (non-hydrogen) atoms. The molecule has 1 heterocycles. The van der Waals surface area contributed by atoms with Crippen molar-refractivity contribution in [1.82, 2.24) is 15.1 Å². The minimum absolute atomic E-state index is 0.586. The first-order chi connectivity index (χ1) is 8.74. The Kier molecular flexibility index (Phi) is 7.02. The van der Waals surface area contributed by atoms with Crippen LogP contribution >= 0.6 is 0 Å². The first-order valence-electron chi connectivity index (χ1n) is 7.47. The monoisotopic (exact) mass is 251 g/mol. The van der Waals surface area contributed by atoms with E-state index >= 15 is 0 Å². The number of likely N-dealkylation sites (N-methyl/N-ethyl adjacent to an activating group) is 1. The van der Waals surface area contributed by atoms with Gasteiger partial charge in [-0.25, -0.2) is 0 Å². The number of rotatable bonds is 9. The molecule has 0 aliphatic carbocycles. The Morgan fingerprint density at radius 1 is 1.28 bits per heavy atom. The van der Waals surface area contributed by atoms with Crippen molar-refractivity contribution in [3.8, 4) is 0 Å². The van der Waals surface area contributed by atoms with Gasteiger partial charge in [0.2, 0.25) is 0 Å². The van der Waals surface area contributed by atoms with Crippen LogP contribution < -0.4 is 5.32 Å². The largest absolute Gasteiger partial charge is 0.317 e. The third-order valence-corrected chi connectivity index (χ3v) is 3.60. The Labute approximate surface area is 112 Å². The summed E-state index contributed by atoms with van der Waals surface area (Å²) in [5.74, 6) is 0. The summed E-state index contributed by atoms with van der Waals surface area (Å²) in [5.41, 5.74) is 2.60. The summed E-state index contributed by atoms with van der Waals surface area (Å²) in [6.07, 6.45) is 7.35. The van der Waals surface area contributed by atoms with Gasteiger partial charge in [0.1, 0.15) is 0 Å². The number of nitrogens with zero attached hydrogens (tertiary/aromatic N) is 2. The average molecular weight is 251 g/mol. The van der Waals surface area contributed by atoms with Crippen LogP contribution in [0.5, 0.6) is 0 Å². The number of hydrogen-bond acceptors (Lipinski definition) is 2. The van der Waals surface area contributed by atoms with E-state index in [9.17, 15) is 0 Å². The Morgan fingerprint density at radius 2 is 2.06 bits per heavy atom.